The first-order chi connectivity index (χ1) is 15.9. The van der Waals surface area contributed by atoms with E-state index in [1.807, 2.05) is 12.1 Å². The number of anilines is 1. The molecule has 2 aromatic carbocycles. The van der Waals surface area contributed by atoms with Crippen molar-refractivity contribution in [2.24, 2.45) is 0 Å². The van der Waals surface area contributed by atoms with Gasteiger partial charge in [0.25, 0.3) is 0 Å². The predicted octanol–water partition coefficient (Wildman–Crippen LogP) is 5.19. The van der Waals surface area contributed by atoms with Crippen LogP contribution in [0.3, 0.4) is 0 Å². The van der Waals surface area contributed by atoms with Crippen molar-refractivity contribution in [2.45, 2.75) is 43.2 Å². The summed E-state index contributed by atoms with van der Waals surface area (Å²) in [5.41, 5.74) is 2.59. The molecule has 0 bridgehead atoms. The zero-order valence-corrected chi connectivity index (χ0v) is 20.7. The summed E-state index contributed by atoms with van der Waals surface area (Å²) < 4.78 is 20.4. The number of thioether (sulfide) groups is 1. The molecule has 0 aromatic heterocycles. The Labute approximate surface area is 204 Å². The molecule has 0 spiro atoms. The van der Waals surface area contributed by atoms with Gasteiger partial charge in [-0.25, -0.2) is 9.18 Å². The Morgan fingerprint density at radius 1 is 1.21 bits per heavy atom. The lowest BCUT2D eigenvalue weighted by Gasteiger charge is -2.32. The molecule has 2 fully saturated rings. The average Bonchev–Trinajstić information content (AvgIpc) is 3.19. The highest BCUT2D eigenvalue weighted by molar-refractivity contribution is 7.98. The number of rotatable bonds is 7. The van der Waals surface area contributed by atoms with Crippen LogP contribution in [0.5, 0.6) is 0 Å². The molecular weight excluding hydrogens is 457 g/mol. The smallest absolute Gasteiger partial charge is 0.414 e. The van der Waals surface area contributed by atoms with E-state index in [1.54, 1.807) is 18.7 Å². The van der Waals surface area contributed by atoms with Gasteiger partial charge in [0.05, 0.1) is 23.8 Å². The van der Waals surface area contributed by atoms with Gasteiger partial charge < -0.3 is 10.1 Å². The van der Waals surface area contributed by atoms with Crippen LogP contribution in [0, 0.1) is 5.82 Å². The molecule has 2 saturated heterocycles. The molecule has 2 aliphatic rings. The topological polar surface area (TPSA) is 44.8 Å². The van der Waals surface area contributed by atoms with Crippen LogP contribution in [0.4, 0.5) is 14.9 Å². The predicted molar refractivity (Wildman–Crippen MR) is 136 cm³/mol. The van der Waals surface area contributed by atoms with E-state index in [1.165, 1.54) is 21.4 Å². The van der Waals surface area contributed by atoms with E-state index < -0.39 is 6.09 Å². The molecule has 33 heavy (non-hydrogen) atoms. The third kappa shape index (κ3) is 6.05. The summed E-state index contributed by atoms with van der Waals surface area (Å²) in [6, 6.07) is 13.9. The summed E-state index contributed by atoms with van der Waals surface area (Å²) in [6.07, 6.45) is 3.18. The van der Waals surface area contributed by atoms with E-state index in [-0.39, 0.29) is 17.8 Å². The van der Waals surface area contributed by atoms with Gasteiger partial charge in [0.1, 0.15) is 11.9 Å². The van der Waals surface area contributed by atoms with Crippen molar-refractivity contribution < 1.29 is 13.9 Å². The van der Waals surface area contributed by atoms with Crippen LogP contribution in [0.1, 0.15) is 36.8 Å². The minimum atomic E-state index is -0.449. The molecule has 0 aliphatic carbocycles. The maximum atomic E-state index is 15.1. The van der Waals surface area contributed by atoms with Gasteiger partial charge in [-0.1, -0.05) is 30.4 Å². The van der Waals surface area contributed by atoms with E-state index in [0.717, 1.165) is 38.0 Å². The molecule has 2 aromatic rings. The van der Waals surface area contributed by atoms with Crippen LogP contribution in [-0.4, -0.2) is 54.5 Å². The summed E-state index contributed by atoms with van der Waals surface area (Å²) in [5, 5.41) is 3.02. The Morgan fingerprint density at radius 3 is 2.58 bits per heavy atom. The van der Waals surface area contributed by atoms with Gasteiger partial charge in [0.15, 0.2) is 0 Å². The SMILES string of the molecule is CSc1ccc(CN2CCC(c3ccc(N4C[C@H](CNC(C)=S)OC4=O)cc3F)CC2)cc1. The fraction of sp³-hybridized carbons (Fsp3) is 0.440. The first kappa shape index (κ1) is 24.0. The Bertz CT molecular complexity index is 994. The van der Waals surface area contributed by atoms with Gasteiger partial charge in [0, 0.05) is 11.4 Å². The van der Waals surface area contributed by atoms with Crippen LogP contribution in [0.2, 0.25) is 0 Å². The monoisotopic (exact) mass is 487 g/mol. The Morgan fingerprint density at radius 2 is 1.94 bits per heavy atom. The molecular formula is C25H30FN3O2S2. The third-order valence-electron chi connectivity index (χ3n) is 6.34. The number of ether oxygens (including phenoxy) is 1. The second-order valence-corrected chi connectivity index (χ2v) is 10.1. The van der Waals surface area contributed by atoms with Gasteiger partial charge in [-0.15, -0.1) is 11.8 Å². The summed E-state index contributed by atoms with van der Waals surface area (Å²) in [5.74, 6) is -0.0510. The molecule has 5 nitrogen and oxygen atoms in total. The van der Waals surface area contributed by atoms with Crippen molar-refractivity contribution in [2.75, 3.05) is 37.3 Å². The fourth-order valence-electron chi connectivity index (χ4n) is 4.50. The van der Waals surface area contributed by atoms with Crippen LogP contribution in [-0.2, 0) is 11.3 Å². The third-order valence-corrected chi connectivity index (χ3v) is 7.23. The summed E-state index contributed by atoms with van der Waals surface area (Å²) in [7, 11) is 0. The number of halogens is 1. The number of piperidine rings is 1. The highest BCUT2D eigenvalue weighted by Crippen LogP contribution is 2.33. The van der Waals surface area contributed by atoms with Crippen LogP contribution < -0.4 is 10.2 Å². The normalized spacial score (nSPS) is 19.5. The van der Waals surface area contributed by atoms with E-state index in [0.29, 0.717) is 23.8 Å². The minimum absolute atomic E-state index is 0.196. The maximum Gasteiger partial charge on any atom is 0.414 e. The van der Waals surface area contributed by atoms with Gasteiger partial charge >= 0.3 is 6.09 Å². The number of hydrogen-bond acceptors (Lipinski definition) is 5. The van der Waals surface area contributed by atoms with Crippen LogP contribution >= 0.6 is 24.0 Å². The Kier molecular flexibility index (Phi) is 7.88. The molecule has 4 rings (SSSR count). The zero-order chi connectivity index (χ0) is 23.4. The largest absolute Gasteiger partial charge is 0.442 e. The zero-order valence-electron chi connectivity index (χ0n) is 19.1. The summed E-state index contributed by atoms with van der Waals surface area (Å²) >= 11 is 6.76. The maximum absolute atomic E-state index is 15.1. The lowest BCUT2D eigenvalue weighted by Crippen LogP contribution is -2.33. The van der Waals surface area contributed by atoms with Crippen molar-refractivity contribution in [3.8, 4) is 0 Å². The van der Waals surface area contributed by atoms with Crippen LogP contribution in [0.15, 0.2) is 47.4 Å². The highest BCUT2D eigenvalue weighted by atomic mass is 32.2. The molecule has 1 amide bonds. The summed E-state index contributed by atoms with van der Waals surface area (Å²) in [4.78, 5) is 18.1. The molecule has 2 aliphatic heterocycles. The van der Waals surface area contributed by atoms with E-state index >= 15 is 4.39 Å². The second-order valence-electron chi connectivity index (χ2n) is 8.66. The number of cyclic esters (lactones) is 1. The molecule has 0 radical (unpaired) electrons. The van der Waals surface area contributed by atoms with E-state index in [4.69, 9.17) is 17.0 Å². The number of benzene rings is 2. The Balaban J connectivity index is 1.33. The number of likely N-dealkylation sites (tertiary alicyclic amines) is 1. The lowest BCUT2D eigenvalue weighted by molar-refractivity contribution is 0.143. The van der Waals surface area contributed by atoms with Crippen molar-refractivity contribution in [3.05, 3.63) is 59.4 Å². The molecule has 176 valence electrons. The number of thiocarbonyl (C=S) groups is 1. The molecule has 1 N–H and O–H groups in total. The van der Waals surface area contributed by atoms with Crippen molar-refractivity contribution in [1.82, 2.24) is 10.2 Å². The van der Waals surface area contributed by atoms with Gasteiger partial charge in [-0.05, 0) is 80.4 Å². The second kappa shape index (κ2) is 10.8. The number of carbonyl (C=O) groups is 1. The van der Waals surface area contributed by atoms with Crippen molar-refractivity contribution in [1.29, 1.82) is 0 Å². The van der Waals surface area contributed by atoms with Crippen molar-refractivity contribution in [3.63, 3.8) is 0 Å². The fourth-order valence-corrected chi connectivity index (χ4v) is 4.99. The van der Waals surface area contributed by atoms with E-state index in [9.17, 15) is 4.79 Å². The molecule has 0 saturated carbocycles. The minimum Gasteiger partial charge on any atom is -0.442 e. The quantitative estimate of drug-likeness (QED) is 0.428. The number of carbonyl (C=O) groups excluding carboxylic acids is 1. The summed E-state index contributed by atoms with van der Waals surface area (Å²) in [6.45, 7) is 5.44. The molecule has 1 atom stereocenters. The van der Waals surface area contributed by atoms with Gasteiger partial charge in [0.2, 0.25) is 0 Å². The number of nitrogens with one attached hydrogen (secondary N) is 1. The number of nitrogens with zero attached hydrogens (tertiary/aromatic N) is 2. The Hall–Kier alpha value is -2.16. The van der Waals surface area contributed by atoms with E-state index in [2.05, 4.69) is 40.7 Å². The first-order valence-corrected chi connectivity index (χ1v) is 12.9. The van der Waals surface area contributed by atoms with Crippen molar-refractivity contribution >= 4 is 40.7 Å². The lowest BCUT2D eigenvalue weighted by atomic mass is 9.88. The standard InChI is InChI=1S/C25H30FN3O2S2/c1-17(32)27-14-21-16-29(25(30)31-21)20-5-8-23(24(26)13-20)19-9-11-28(12-10-19)15-18-3-6-22(33-2)7-4-18/h3-8,13,19,21H,9-12,14-16H2,1-2H3,(H,27,32)/t21-/m0/s1. The molecule has 2 heterocycles. The molecule has 0 unspecified atom stereocenters. The van der Waals surface area contributed by atoms with Crippen LogP contribution in [0.25, 0.3) is 0 Å². The van der Waals surface area contributed by atoms with Gasteiger partial charge in [-0.3, -0.25) is 9.80 Å². The first-order valence-electron chi connectivity index (χ1n) is 11.3. The highest BCUT2D eigenvalue weighted by Gasteiger charge is 2.33. The average molecular weight is 488 g/mol. The molecule has 8 heteroatoms. The number of hydrogen-bond donors (Lipinski definition) is 1. The number of amides is 1. The van der Waals surface area contributed by atoms with Gasteiger partial charge in [-0.2, -0.15) is 0 Å².